The topological polar surface area (TPSA) is 51.8 Å². The first-order valence-corrected chi connectivity index (χ1v) is 4.74. The van der Waals surface area contributed by atoms with Crippen LogP contribution >= 0.6 is 15.9 Å². The van der Waals surface area contributed by atoms with Gasteiger partial charge in [-0.1, -0.05) is 0 Å². The second-order valence-electron chi connectivity index (χ2n) is 3.20. The summed E-state index contributed by atoms with van der Waals surface area (Å²) < 4.78 is 0.980. The lowest BCUT2D eigenvalue weighted by atomic mass is 10.0. The fraction of sp³-hybridized carbons (Fsp3) is 0.500. The lowest BCUT2D eigenvalue weighted by molar-refractivity contribution is 0.670. The molecular weight excluding hydrogens is 218 g/mol. The molecule has 1 aromatic heterocycles. The Hall–Kier alpha value is -0.480. The number of halogens is 1. The van der Waals surface area contributed by atoms with E-state index in [2.05, 4.69) is 25.9 Å². The third-order valence-corrected chi connectivity index (χ3v) is 2.99. The molecule has 0 atom stereocenters. The first-order valence-electron chi connectivity index (χ1n) is 3.94. The maximum atomic E-state index is 5.69. The van der Waals surface area contributed by atoms with Crippen molar-refractivity contribution in [1.82, 2.24) is 9.97 Å². The highest BCUT2D eigenvalue weighted by molar-refractivity contribution is 9.10. The molecule has 1 aliphatic rings. The van der Waals surface area contributed by atoms with E-state index >= 15 is 0 Å². The maximum absolute atomic E-state index is 5.69. The second-order valence-corrected chi connectivity index (χ2v) is 4.06. The summed E-state index contributed by atoms with van der Waals surface area (Å²) in [5, 5.41) is 0. The van der Waals surface area contributed by atoms with Crippen LogP contribution < -0.4 is 5.73 Å². The van der Waals surface area contributed by atoms with Crippen molar-refractivity contribution < 1.29 is 0 Å². The Morgan fingerprint density at radius 3 is 2.83 bits per heavy atom. The van der Waals surface area contributed by atoms with Crippen molar-refractivity contribution in [3.8, 4) is 0 Å². The largest absolute Gasteiger partial charge is 0.330 e. The summed E-state index contributed by atoms with van der Waals surface area (Å²) in [6.07, 6.45) is 5.66. The van der Waals surface area contributed by atoms with E-state index in [0.717, 1.165) is 23.0 Å². The van der Waals surface area contributed by atoms with Crippen LogP contribution in [0.3, 0.4) is 0 Å². The molecule has 64 valence electrons. The number of hydrogen-bond acceptors (Lipinski definition) is 3. The summed E-state index contributed by atoms with van der Waals surface area (Å²) in [4.78, 5) is 8.17. The zero-order valence-electron chi connectivity index (χ0n) is 6.63. The van der Waals surface area contributed by atoms with Crippen molar-refractivity contribution in [3.63, 3.8) is 0 Å². The smallest absolute Gasteiger partial charge is 0.115 e. The summed E-state index contributed by atoms with van der Waals surface area (Å²) >= 11 is 3.43. The molecular formula is C8H10BrN3. The summed E-state index contributed by atoms with van der Waals surface area (Å²) in [5.41, 5.74) is 6.91. The number of nitrogens with zero attached hydrogens (tertiary/aromatic N) is 2. The normalized spacial score (nSPS) is 19.2. The van der Waals surface area contributed by atoms with Crippen molar-refractivity contribution >= 4 is 15.9 Å². The van der Waals surface area contributed by atoms with Crippen LogP contribution in [0.5, 0.6) is 0 Å². The fourth-order valence-electron chi connectivity index (χ4n) is 1.39. The van der Waals surface area contributed by atoms with E-state index in [4.69, 9.17) is 5.73 Å². The maximum Gasteiger partial charge on any atom is 0.115 e. The molecule has 0 amide bonds. The van der Waals surface area contributed by atoms with Crippen LogP contribution in [0.15, 0.2) is 17.0 Å². The molecule has 1 saturated carbocycles. The quantitative estimate of drug-likeness (QED) is 0.828. The number of nitrogens with two attached hydrogens (primary N) is 1. The first kappa shape index (κ1) is 8.13. The minimum absolute atomic E-state index is 0.155. The number of rotatable bonds is 2. The fourth-order valence-corrected chi connectivity index (χ4v) is 2.03. The average molecular weight is 228 g/mol. The molecule has 0 aliphatic heterocycles. The van der Waals surface area contributed by atoms with Crippen LogP contribution in [0, 0.1) is 0 Å². The molecule has 0 aromatic carbocycles. The second kappa shape index (κ2) is 2.78. The highest BCUT2D eigenvalue weighted by atomic mass is 79.9. The molecule has 3 nitrogen and oxygen atoms in total. The molecule has 1 fully saturated rings. The van der Waals surface area contributed by atoms with Crippen LogP contribution in [0.4, 0.5) is 0 Å². The monoisotopic (exact) mass is 227 g/mol. The van der Waals surface area contributed by atoms with E-state index < -0.39 is 0 Å². The van der Waals surface area contributed by atoms with E-state index in [-0.39, 0.29) is 5.41 Å². The molecule has 0 spiro atoms. The Balaban J connectivity index is 2.40. The van der Waals surface area contributed by atoms with Crippen LogP contribution in [0.1, 0.15) is 18.5 Å². The molecule has 4 heteroatoms. The van der Waals surface area contributed by atoms with E-state index in [9.17, 15) is 0 Å². The highest BCUT2D eigenvalue weighted by Crippen LogP contribution is 2.48. The van der Waals surface area contributed by atoms with Crippen molar-refractivity contribution in [3.05, 3.63) is 22.7 Å². The summed E-state index contributed by atoms with van der Waals surface area (Å²) in [6, 6.07) is 0. The zero-order valence-corrected chi connectivity index (χ0v) is 8.21. The molecule has 0 unspecified atom stereocenters. The van der Waals surface area contributed by atoms with Gasteiger partial charge in [-0.3, -0.25) is 0 Å². The number of aromatic nitrogens is 2. The minimum atomic E-state index is 0.155. The molecule has 2 N–H and O–H groups in total. The predicted octanol–water partition coefficient (Wildman–Crippen LogP) is 1.23. The van der Waals surface area contributed by atoms with Crippen molar-refractivity contribution in [2.75, 3.05) is 6.54 Å². The van der Waals surface area contributed by atoms with E-state index in [1.165, 1.54) is 0 Å². The van der Waals surface area contributed by atoms with Crippen LogP contribution in [-0.4, -0.2) is 16.5 Å². The van der Waals surface area contributed by atoms with Gasteiger partial charge in [-0.2, -0.15) is 0 Å². The van der Waals surface area contributed by atoms with Gasteiger partial charge in [0.25, 0.3) is 0 Å². The molecule has 1 aromatic rings. The minimum Gasteiger partial charge on any atom is -0.330 e. The van der Waals surface area contributed by atoms with Crippen LogP contribution in [0.2, 0.25) is 0 Å². The molecule has 12 heavy (non-hydrogen) atoms. The van der Waals surface area contributed by atoms with Crippen LogP contribution in [-0.2, 0) is 5.41 Å². The summed E-state index contributed by atoms with van der Waals surface area (Å²) in [5.74, 6) is 0. The van der Waals surface area contributed by atoms with E-state index in [0.29, 0.717) is 6.54 Å². The van der Waals surface area contributed by atoms with Gasteiger partial charge >= 0.3 is 0 Å². The molecule has 0 bridgehead atoms. The Morgan fingerprint density at radius 1 is 1.58 bits per heavy atom. The van der Waals surface area contributed by atoms with Gasteiger partial charge in [0.15, 0.2) is 0 Å². The lowest BCUT2D eigenvalue weighted by Crippen LogP contribution is -2.21. The molecule has 1 heterocycles. The molecule has 2 rings (SSSR count). The Bertz CT molecular complexity index is 296. The predicted molar refractivity (Wildman–Crippen MR) is 49.7 cm³/mol. The Kier molecular flexibility index (Phi) is 1.88. The molecule has 0 saturated heterocycles. The SMILES string of the molecule is NCC1(c2ncncc2Br)CC1. The summed E-state index contributed by atoms with van der Waals surface area (Å²) in [6.45, 7) is 0.683. The van der Waals surface area contributed by atoms with Gasteiger partial charge < -0.3 is 5.73 Å². The van der Waals surface area contributed by atoms with Gasteiger partial charge in [-0.25, -0.2) is 9.97 Å². The van der Waals surface area contributed by atoms with Gasteiger partial charge in [0.1, 0.15) is 6.33 Å². The molecule has 1 aliphatic carbocycles. The third kappa shape index (κ3) is 1.15. The van der Waals surface area contributed by atoms with Gasteiger partial charge in [0, 0.05) is 18.2 Å². The number of hydrogen-bond donors (Lipinski definition) is 1. The van der Waals surface area contributed by atoms with Crippen LogP contribution in [0.25, 0.3) is 0 Å². The third-order valence-electron chi connectivity index (χ3n) is 2.41. The van der Waals surface area contributed by atoms with Gasteiger partial charge in [-0.15, -0.1) is 0 Å². The van der Waals surface area contributed by atoms with E-state index in [1.54, 1.807) is 12.5 Å². The van der Waals surface area contributed by atoms with Gasteiger partial charge in [0.05, 0.1) is 10.2 Å². The van der Waals surface area contributed by atoms with Gasteiger partial charge in [-0.05, 0) is 28.8 Å². The Morgan fingerprint density at radius 2 is 2.33 bits per heavy atom. The van der Waals surface area contributed by atoms with Crippen molar-refractivity contribution in [2.45, 2.75) is 18.3 Å². The van der Waals surface area contributed by atoms with E-state index in [1.807, 2.05) is 0 Å². The first-order chi connectivity index (χ1) is 5.78. The molecule has 0 radical (unpaired) electrons. The standard InChI is InChI=1S/C8H10BrN3/c9-6-3-11-5-12-7(6)8(4-10)1-2-8/h3,5H,1-2,4,10H2. The lowest BCUT2D eigenvalue weighted by Gasteiger charge is -2.11. The Labute approximate surface area is 79.5 Å². The van der Waals surface area contributed by atoms with Crippen molar-refractivity contribution in [1.29, 1.82) is 0 Å². The zero-order chi connectivity index (χ0) is 8.60. The average Bonchev–Trinajstić information content (AvgIpc) is 2.86. The van der Waals surface area contributed by atoms with Gasteiger partial charge in [0.2, 0.25) is 0 Å². The summed E-state index contributed by atoms with van der Waals surface area (Å²) in [7, 11) is 0. The highest BCUT2D eigenvalue weighted by Gasteiger charge is 2.45. The van der Waals surface area contributed by atoms with Crippen molar-refractivity contribution in [2.24, 2.45) is 5.73 Å².